The maximum atomic E-state index is 12.7. The van der Waals surface area contributed by atoms with Crippen molar-refractivity contribution in [1.29, 1.82) is 0 Å². The highest BCUT2D eigenvalue weighted by Crippen LogP contribution is 2.37. The molecular formula is C40H65N5O25. The number of ether oxygens (including phenoxy) is 10. The molecule has 15 N–H and O–H groups in total. The van der Waals surface area contributed by atoms with Gasteiger partial charge in [0.15, 0.2) is 31.1 Å². The highest BCUT2D eigenvalue weighted by molar-refractivity contribution is 5.75. The van der Waals surface area contributed by atoms with Gasteiger partial charge in [0.25, 0.3) is 0 Å². The third-order valence-electron chi connectivity index (χ3n) is 12.5. The number of carbonyl (C=O) groups is 4. The molecule has 6 aliphatic rings. The molecule has 0 aromatic rings. The molecule has 6 aliphatic heterocycles. The highest BCUT2D eigenvalue weighted by atomic mass is 16.8. The lowest BCUT2D eigenvalue weighted by Gasteiger charge is -2.51. The Morgan fingerprint density at radius 1 is 0.443 bits per heavy atom. The molecule has 0 aliphatic carbocycles. The molecule has 70 heavy (non-hydrogen) atoms. The fraction of sp³-hybridized carbons (Fsp3) is 0.875. The van der Waals surface area contributed by atoms with Crippen LogP contribution < -0.4 is 21.3 Å². The monoisotopic (exact) mass is 1020 g/mol. The molecule has 400 valence electrons. The summed E-state index contributed by atoms with van der Waals surface area (Å²) in [6.45, 7) is 1.50. The van der Waals surface area contributed by atoms with Crippen LogP contribution in [-0.4, -0.2) is 272 Å². The lowest BCUT2D eigenvalue weighted by atomic mass is 9.93. The van der Waals surface area contributed by atoms with Crippen LogP contribution in [-0.2, 0) is 66.5 Å². The second-order valence-electron chi connectivity index (χ2n) is 17.6. The summed E-state index contributed by atoms with van der Waals surface area (Å²) < 4.78 is 59.1. The summed E-state index contributed by atoms with van der Waals surface area (Å²) in [6, 6.07) is -7.39. The first kappa shape index (κ1) is 55.9. The van der Waals surface area contributed by atoms with E-state index in [9.17, 15) is 75.3 Å². The van der Waals surface area contributed by atoms with Gasteiger partial charge in [0.05, 0.1) is 33.0 Å². The lowest BCUT2D eigenvalue weighted by molar-refractivity contribution is -0.366. The SMILES string of the molecule is CC(=O)N[C@H]1C(O)[C@H](O)C(CO)O[C@H]1O[C@@H]1C(CO)O[C@@H](O[C@@H]2C(CO)O[C@@H](O[C@@H]3C(CO)O[C@@H](O[C@@H]4C(CO)O[C@@H]5OC(C)=N[C@H]5C4O)[C@@H](NC(C)=O)C3O)[C@@H](NC(C)=O)C2O)[C@@H](NC(C)=O)C1O. The predicted octanol–water partition coefficient (Wildman–Crippen LogP) is -9.89. The van der Waals surface area contributed by atoms with Gasteiger partial charge in [0.1, 0.15) is 122 Å². The normalized spacial score (nSPS) is 45.1. The van der Waals surface area contributed by atoms with Crippen LogP contribution in [0.25, 0.3) is 0 Å². The van der Waals surface area contributed by atoms with Crippen molar-refractivity contribution in [3.05, 3.63) is 0 Å². The topological polar surface area (TPSA) is 444 Å². The van der Waals surface area contributed by atoms with E-state index in [-0.39, 0.29) is 5.90 Å². The third kappa shape index (κ3) is 12.1. The number of aliphatic hydroxyl groups excluding tert-OH is 11. The molecule has 0 aromatic heterocycles. The minimum Gasteiger partial charge on any atom is -0.450 e. The summed E-state index contributed by atoms with van der Waals surface area (Å²) in [5.41, 5.74) is 0. The van der Waals surface area contributed by atoms with Gasteiger partial charge in [0, 0.05) is 34.6 Å². The number of aliphatic imine (C=N–C) groups is 1. The maximum Gasteiger partial charge on any atom is 0.227 e. The number of amides is 4. The fourth-order valence-electron chi connectivity index (χ4n) is 9.29. The molecule has 6 rings (SSSR count). The van der Waals surface area contributed by atoms with Crippen LogP contribution >= 0.6 is 0 Å². The number of nitrogens with one attached hydrogen (secondary N) is 4. The number of fused-ring (bicyclic) bond motifs is 1. The Hall–Kier alpha value is -3.45. The van der Waals surface area contributed by atoms with Gasteiger partial charge in [0.2, 0.25) is 29.9 Å². The molecule has 0 radical (unpaired) electrons. The molecule has 0 bridgehead atoms. The van der Waals surface area contributed by atoms with Crippen molar-refractivity contribution in [2.75, 3.05) is 33.0 Å². The molecule has 5 saturated heterocycles. The Morgan fingerprint density at radius 3 is 1.04 bits per heavy atom. The van der Waals surface area contributed by atoms with Gasteiger partial charge >= 0.3 is 0 Å². The smallest absolute Gasteiger partial charge is 0.227 e. The molecule has 30 nitrogen and oxygen atoms in total. The van der Waals surface area contributed by atoms with Gasteiger partial charge in [-0.15, -0.1) is 0 Å². The minimum atomic E-state index is -1.97. The zero-order valence-corrected chi connectivity index (χ0v) is 38.6. The molecule has 0 saturated carbocycles. The molecular weight excluding hydrogens is 950 g/mol. The standard InChI is InChI=1S/C40H65N5O25/c1-11(51)41-21-27(56)26(55)16(6-46)62-37(21)67-32-18(8-48)64-38(22(28(32)57)42-12(2)52)68-33-19(9-49)65-39(23(29(33)58)43-13(3)53)69-34-20(10-50)66-40(24(30(34)59)44-14(4)54)70-35-17(7-47)63-36-25(31(35)60)45-15(5)61-36/h16-40,46-50,55-60H,6-10H2,1-5H3,(H,41,51)(H,42,52)(H,43,53)(H,44,54)/t16?,17?,18?,19?,20?,21-,22-,23-,24-,25-,26+,27?,28?,29?,30?,31?,32+,33+,34+,35+,36-,37-,38-,39-,40-/m0/s1. The van der Waals surface area contributed by atoms with E-state index < -0.39 is 210 Å². The van der Waals surface area contributed by atoms with E-state index in [0.29, 0.717) is 0 Å². The van der Waals surface area contributed by atoms with Gasteiger partial charge in [-0.05, 0) is 0 Å². The van der Waals surface area contributed by atoms with Crippen molar-refractivity contribution in [1.82, 2.24) is 21.3 Å². The van der Waals surface area contributed by atoms with Crippen molar-refractivity contribution in [2.24, 2.45) is 4.99 Å². The summed E-state index contributed by atoms with van der Waals surface area (Å²) in [6.07, 6.45) is -32.9. The number of rotatable bonds is 17. The summed E-state index contributed by atoms with van der Waals surface area (Å²) in [4.78, 5) is 54.0. The number of hydrogen-bond acceptors (Lipinski definition) is 26. The molecule has 30 heteroatoms. The first-order valence-electron chi connectivity index (χ1n) is 22.5. The Kier molecular flexibility index (Phi) is 19.2. The van der Waals surface area contributed by atoms with Crippen LogP contribution in [0, 0.1) is 0 Å². The average molecular weight is 1020 g/mol. The van der Waals surface area contributed by atoms with Gasteiger partial charge in [-0.25, -0.2) is 4.99 Å². The zero-order valence-electron chi connectivity index (χ0n) is 38.6. The molecule has 0 aromatic carbocycles. The van der Waals surface area contributed by atoms with E-state index in [4.69, 9.17) is 47.4 Å². The van der Waals surface area contributed by atoms with Gasteiger partial charge in [-0.2, -0.15) is 0 Å². The van der Waals surface area contributed by atoms with Gasteiger partial charge < -0.3 is 125 Å². The zero-order chi connectivity index (χ0) is 51.5. The second-order valence-corrected chi connectivity index (χ2v) is 17.6. The Labute approximate surface area is 399 Å². The quantitative estimate of drug-likeness (QED) is 0.0643. The Morgan fingerprint density at radius 2 is 0.729 bits per heavy atom. The number of nitrogens with zero attached hydrogens (tertiary/aromatic N) is 1. The predicted molar refractivity (Wildman–Crippen MR) is 223 cm³/mol. The van der Waals surface area contributed by atoms with E-state index in [1.807, 2.05) is 0 Å². The van der Waals surface area contributed by atoms with Gasteiger partial charge in [-0.3, -0.25) is 19.2 Å². The van der Waals surface area contributed by atoms with Gasteiger partial charge in [-0.1, -0.05) is 0 Å². The van der Waals surface area contributed by atoms with Crippen molar-refractivity contribution in [3.8, 4) is 0 Å². The molecule has 6 heterocycles. The fourth-order valence-corrected chi connectivity index (χ4v) is 9.29. The maximum absolute atomic E-state index is 12.7. The van der Waals surface area contributed by atoms with Crippen molar-refractivity contribution >= 4 is 29.5 Å². The first-order valence-corrected chi connectivity index (χ1v) is 22.5. The van der Waals surface area contributed by atoms with Crippen LogP contribution in [0.3, 0.4) is 0 Å². The van der Waals surface area contributed by atoms with Crippen LogP contribution in [0.1, 0.15) is 34.6 Å². The summed E-state index contributed by atoms with van der Waals surface area (Å²) >= 11 is 0. The first-order chi connectivity index (χ1) is 33.2. The van der Waals surface area contributed by atoms with Crippen LogP contribution in [0.4, 0.5) is 0 Å². The van der Waals surface area contributed by atoms with Crippen molar-refractivity contribution < 1.29 is 123 Å². The molecule has 10 unspecified atom stereocenters. The van der Waals surface area contributed by atoms with E-state index in [0.717, 1.165) is 27.7 Å². The van der Waals surface area contributed by atoms with Crippen molar-refractivity contribution in [3.63, 3.8) is 0 Å². The molecule has 4 amide bonds. The average Bonchev–Trinajstić information content (AvgIpc) is 3.69. The van der Waals surface area contributed by atoms with E-state index in [2.05, 4.69) is 26.3 Å². The number of aliphatic hydroxyl groups is 11. The van der Waals surface area contributed by atoms with E-state index in [1.165, 1.54) is 6.92 Å². The van der Waals surface area contributed by atoms with Crippen molar-refractivity contribution in [2.45, 2.75) is 188 Å². The number of carbonyl (C=O) groups excluding carboxylic acids is 4. The summed E-state index contributed by atoms with van der Waals surface area (Å²) in [5.74, 6) is -2.77. The minimum absolute atomic E-state index is 0.195. The third-order valence-corrected chi connectivity index (χ3v) is 12.5. The summed E-state index contributed by atoms with van der Waals surface area (Å²) in [7, 11) is 0. The van der Waals surface area contributed by atoms with Crippen LogP contribution in [0.15, 0.2) is 4.99 Å². The Balaban J connectivity index is 1.22. The molecule has 25 atom stereocenters. The van der Waals surface area contributed by atoms with Crippen LogP contribution in [0.2, 0.25) is 0 Å². The number of hydrogen-bond donors (Lipinski definition) is 15. The summed E-state index contributed by atoms with van der Waals surface area (Å²) in [5, 5.41) is 130. The molecule has 5 fully saturated rings. The van der Waals surface area contributed by atoms with Crippen LogP contribution in [0.5, 0.6) is 0 Å². The largest absolute Gasteiger partial charge is 0.450 e. The Bertz CT molecular complexity index is 1820. The second kappa shape index (κ2) is 24.1. The highest BCUT2D eigenvalue weighted by Gasteiger charge is 2.58. The van der Waals surface area contributed by atoms with E-state index in [1.54, 1.807) is 0 Å². The molecule has 0 spiro atoms. The van der Waals surface area contributed by atoms with E-state index >= 15 is 0 Å². The lowest BCUT2D eigenvalue weighted by Crippen LogP contribution is -2.72.